The van der Waals surface area contributed by atoms with Crippen LogP contribution in [0.25, 0.3) is 0 Å². The molecule has 1 aromatic heterocycles. The van der Waals surface area contributed by atoms with Gasteiger partial charge in [-0.1, -0.05) is 11.6 Å². The molecule has 6 nitrogen and oxygen atoms in total. The van der Waals surface area contributed by atoms with Gasteiger partial charge in [-0.2, -0.15) is 0 Å². The normalized spacial score (nSPS) is 10.2. The van der Waals surface area contributed by atoms with E-state index in [1.165, 1.54) is 7.05 Å². The van der Waals surface area contributed by atoms with Gasteiger partial charge in [-0.3, -0.25) is 14.2 Å². The largest absolute Gasteiger partial charge is 0.465 e. The lowest BCUT2D eigenvalue weighted by molar-refractivity contribution is -0.143. The first-order chi connectivity index (χ1) is 7.47. The van der Waals surface area contributed by atoms with Crippen LogP contribution in [-0.2, 0) is 23.1 Å². The molecule has 0 N–H and O–H groups in total. The predicted octanol–water partition coefficient (Wildman–Crippen LogP) is -0.236. The Labute approximate surface area is 96.0 Å². The second-order valence-corrected chi connectivity index (χ2v) is 3.43. The molecule has 0 radical (unpaired) electrons. The standard InChI is InChI=1S/C9H11ClN2O4/c1-3-16-8(14)5-12-7(13)4-6(10)11(2)9(12)15/h4H,3,5H2,1-2H3. The summed E-state index contributed by atoms with van der Waals surface area (Å²) in [7, 11) is 1.41. The van der Waals surface area contributed by atoms with Crippen LogP contribution >= 0.6 is 11.6 Å². The van der Waals surface area contributed by atoms with E-state index in [4.69, 9.17) is 11.6 Å². The van der Waals surface area contributed by atoms with Crippen molar-refractivity contribution >= 4 is 17.6 Å². The van der Waals surface area contributed by atoms with Gasteiger partial charge in [0.25, 0.3) is 5.56 Å². The summed E-state index contributed by atoms with van der Waals surface area (Å²) in [6.07, 6.45) is 0. The topological polar surface area (TPSA) is 70.3 Å². The van der Waals surface area contributed by atoms with Crippen molar-refractivity contribution in [3.63, 3.8) is 0 Å². The molecule has 0 spiro atoms. The Kier molecular flexibility index (Phi) is 3.89. The average molecular weight is 247 g/mol. The number of rotatable bonds is 3. The van der Waals surface area contributed by atoms with Gasteiger partial charge in [-0.05, 0) is 6.92 Å². The number of esters is 1. The first kappa shape index (κ1) is 12.5. The maximum atomic E-state index is 11.6. The Bertz CT molecular complexity index is 517. The van der Waals surface area contributed by atoms with Gasteiger partial charge in [0.05, 0.1) is 6.61 Å². The fourth-order valence-electron chi connectivity index (χ4n) is 1.12. The van der Waals surface area contributed by atoms with E-state index < -0.39 is 23.8 Å². The van der Waals surface area contributed by atoms with Gasteiger partial charge < -0.3 is 4.74 Å². The summed E-state index contributed by atoms with van der Waals surface area (Å²) in [6, 6.07) is 1.07. The minimum atomic E-state index is -0.648. The lowest BCUT2D eigenvalue weighted by Crippen LogP contribution is -2.40. The molecule has 1 heterocycles. The smallest absolute Gasteiger partial charge is 0.332 e. The summed E-state index contributed by atoms with van der Waals surface area (Å²) < 4.78 is 6.49. The molecule has 0 aliphatic carbocycles. The predicted molar refractivity (Wildman–Crippen MR) is 57.6 cm³/mol. The van der Waals surface area contributed by atoms with Gasteiger partial charge in [0, 0.05) is 13.1 Å². The maximum Gasteiger partial charge on any atom is 0.332 e. The van der Waals surface area contributed by atoms with Crippen molar-refractivity contribution in [1.82, 2.24) is 9.13 Å². The molecule has 0 fully saturated rings. The van der Waals surface area contributed by atoms with Gasteiger partial charge in [0.15, 0.2) is 0 Å². The molecule has 1 rings (SSSR count). The van der Waals surface area contributed by atoms with E-state index in [1.54, 1.807) is 6.92 Å². The van der Waals surface area contributed by atoms with Crippen LogP contribution in [0.1, 0.15) is 6.92 Å². The van der Waals surface area contributed by atoms with Crippen LogP contribution in [0.15, 0.2) is 15.7 Å². The molecule has 0 aliphatic heterocycles. The molecule has 0 bridgehead atoms. The molecule has 16 heavy (non-hydrogen) atoms. The third kappa shape index (κ3) is 2.52. The molecule has 7 heteroatoms. The third-order valence-corrected chi connectivity index (χ3v) is 2.30. The van der Waals surface area contributed by atoms with Gasteiger partial charge in [-0.25, -0.2) is 9.36 Å². The minimum Gasteiger partial charge on any atom is -0.465 e. The monoisotopic (exact) mass is 246 g/mol. The van der Waals surface area contributed by atoms with E-state index >= 15 is 0 Å². The number of carbonyl (C=O) groups is 1. The number of carbonyl (C=O) groups excluding carboxylic acids is 1. The molecule has 0 aromatic carbocycles. The number of halogens is 1. The molecular weight excluding hydrogens is 236 g/mol. The molecule has 0 amide bonds. The zero-order valence-corrected chi connectivity index (χ0v) is 9.65. The highest BCUT2D eigenvalue weighted by molar-refractivity contribution is 6.29. The van der Waals surface area contributed by atoms with E-state index in [9.17, 15) is 14.4 Å². The summed E-state index contributed by atoms with van der Waals surface area (Å²) in [5.41, 5.74) is -1.27. The summed E-state index contributed by atoms with van der Waals surface area (Å²) >= 11 is 5.62. The first-order valence-corrected chi connectivity index (χ1v) is 4.97. The van der Waals surface area contributed by atoms with Crippen molar-refractivity contribution in [1.29, 1.82) is 0 Å². The molecular formula is C9H11ClN2O4. The van der Waals surface area contributed by atoms with Crippen LogP contribution in [-0.4, -0.2) is 21.7 Å². The Hall–Kier alpha value is -1.56. The summed E-state index contributed by atoms with van der Waals surface area (Å²) in [5, 5.41) is 0.0232. The Morgan fingerprint density at radius 2 is 2.12 bits per heavy atom. The Morgan fingerprint density at radius 3 is 2.69 bits per heavy atom. The van der Waals surface area contributed by atoms with Crippen LogP contribution < -0.4 is 11.2 Å². The molecule has 0 unspecified atom stereocenters. The highest BCUT2D eigenvalue weighted by Gasteiger charge is 2.11. The minimum absolute atomic E-state index is 0.0232. The molecule has 0 saturated heterocycles. The maximum absolute atomic E-state index is 11.6. The number of nitrogens with zero attached hydrogens (tertiary/aromatic N) is 2. The first-order valence-electron chi connectivity index (χ1n) is 4.59. The highest BCUT2D eigenvalue weighted by Crippen LogP contribution is 1.98. The lowest BCUT2D eigenvalue weighted by atomic mass is 10.5. The number of hydrogen-bond donors (Lipinski definition) is 0. The SMILES string of the molecule is CCOC(=O)Cn1c(=O)cc(Cl)n(C)c1=O. The van der Waals surface area contributed by atoms with E-state index in [0.29, 0.717) is 0 Å². The quantitative estimate of drug-likeness (QED) is 0.545. The molecule has 88 valence electrons. The summed E-state index contributed by atoms with van der Waals surface area (Å²) in [5.74, 6) is -0.635. The number of ether oxygens (including phenoxy) is 1. The van der Waals surface area contributed by atoms with Crippen molar-refractivity contribution in [3.8, 4) is 0 Å². The van der Waals surface area contributed by atoms with Crippen molar-refractivity contribution in [2.45, 2.75) is 13.5 Å². The van der Waals surface area contributed by atoms with Gasteiger partial charge in [-0.15, -0.1) is 0 Å². The molecule has 0 saturated carbocycles. The highest BCUT2D eigenvalue weighted by atomic mass is 35.5. The Morgan fingerprint density at radius 1 is 1.50 bits per heavy atom. The van der Waals surface area contributed by atoms with Crippen molar-refractivity contribution < 1.29 is 9.53 Å². The second-order valence-electron chi connectivity index (χ2n) is 3.04. The van der Waals surface area contributed by atoms with E-state index in [2.05, 4.69) is 4.74 Å². The van der Waals surface area contributed by atoms with Crippen LogP contribution in [0.2, 0.25) is 5.15 Å². The fourth-order valence-corrected chi connectivity index (χ4v) is 1.29. The van der Waals surface area contributed by atoms with Crippen molar-refractivity contribution in [2.24, 2.45) is 7.05 Å². The number of aromatic nitrogens is 2. The van der Waals surface area contributed by atoms with Crippen molar-refractivity contribution in [2.75, 3.05) is 6.61 Å². The molecule has 1 aromatic rings. The van der Waals surface area contributed by atoms with Gasteiger partial charge in [0.2, 0.25) is 0 Å². The summed E-state index contributed by atoms with van der Waals surface area (Å²) in [6.45, 7) is 1.43. The second kappa shape index (κ2) is 4.98. The summed E-state index contributed by atoms with van der Waals surface area (Å²) in [4.78, 5) is 34.1. The van der Waals surface area contributed by atoms with E-state index in [0.717, 1.165) is 15.2 Å². The van der Waals surface area contributed by atoms with Crippen molar-refractivity contribution in [3.05, 3.63) is 32.1 Å². The van der Waals surface area contributed by atoms with Crippen LogP contribution in [0.3, 0.4) is 0 Å². The number of hydrogen-bond acceptors (Lipinski definition) is 4. The Balaban J connectivity index is 3.16. The van der Waals surface area contributed by atoms with Crippen LogP contribution in [0.4, 0.5) is 0 Å². The molecule has 0 aliphatic rings. The van der Waals surface area contributed by atoms with Crippen LogP contribution in [0.5, 0.6) is 0 Å². The lowest BCUT2D eigenvalue weighted by Gasteiger charge is -2.07. The third-order valence-electron chi connectivity index (χ3n) is 1.94. The zero-order valence-electron chi connectivity index (χ0n) is 8.90. The van der Waals surface area contributed by atoms with Gasteiger partial charge in [0.1, 0.15) is 11.7 Å². The van der Waals surface area contributed by atoms with E-state index in [1.807, 2.05) is 0 Å². The zero-order chi connectivity index (χ0) is 12.3. The van der Waals surface area contributed by atoms with Crippen LogP contribution in [0, 0.1) is 0 Å². The van der Waals surface area contributed by atoms with E-state index in [-0.39, 0.29) is 11.8 Å². The average Bonchev–Trinajstić information content (AvgIpc) is 2.22. The fraction of sp³-hybridized carbons (Fsp3) is 0.444. The van der Waals surface area contributed by atoms with Gasteiger partial charge >= 0.3 is 11.7 Å². The molecule has 0 atom stereocenters.